The van der Waals surface area contributed by atoms with Gasteiger partial charge in [-0.1, -0.05) is 53.0 Å². The number of carbonyl (C=O) groups is 1. The van der Waals surface area contributed by atoms with Crippen LogP contribution in [0, 0.1) is 20.8 Å². The molecule has 3 aromatic rings. The fourth-order valence-electron chi connectivity index (χ4n) is 3.46. The SMILES string of the molecule is Cc1ccc(C)c(COc2cc(C)c3c(c2)O/C(=C\c2c(Cl)cccc2Cl)C3=O)c1. The van der Waals surface area contributed by atoms with Crippen molar-refractivity contribution in [3.8, 4) is 11.5 Å². The first-order valence-electron chi connectivity index (χ1n) is 9.55. The highest BCUT2D eigenvalue weighted by Crippen LogP contribution is 2.39. The molecule has 0 aromatic heterocycles. The topological polar surface area (TPSA) is 35.5 Å². The Bertz CT molecular complexity index is 1170. The number of carbonyl (C=O) groups excluding carboxylic acids is 1. The molecule has 0 spiro atoms. The Labute approximate surface area is 185 Å². The minimum atomic E-state index is -0.195. The molecule has 0 amide bonds. The van der Waals surface area contributed by atoms with Crippen molar-refractivity contribution in [1.82, 2.24) is 0 Å². The van der Waals surface area contributed by atoms with E-state index in [-0.39, 0.29) is 11.5 Å². The monoisotopic (exact) mass is 438 g/mol. The molecule has 0 saturated carbocycles. The maximum atomic E-state index is 12.9. The highest BCUT2D eigenvalue weighted by molar-refractivity contribution is 6.37. The molecule has 1 aliphatic rings. The van der Waals surface area contributed by atoms with Gasteiger partial charge < -0.3 is 9.47 Å². The van der Waals surface area contributed by atoms with Crippen molar-refractivity contribution in [2.45, 2.75) is 27.4 Å². The number of allylic oxidation sites excluding steroid dienone is 1. The van der Waals surface area contributed by atoms with Gasteiger partial charge in [0.15, 0.2) is 5.76 Å². The lowest BCUT2D eigenvalue weighted by Crippen LogP contribution is -2.01. The number of fused-ring (bicyclic) bond motifs is 1. The summed E-state index contributed by atoms with van der Waals surface area (Å²) in [6.45, 7) is 6.43. The number of halogens is 2. The van der Waals surface area contributed by atoms with Crippen LogP contribution in [0.1, 0.15) is 38.2 Å². The van der Waals surface area contributed by atoms with Crippen molar-refractivity contribution in [3.05, 3.63) is 97.7 Å². The molecule has 0 fully saturated rings. The quantitative estimate of drug-likeness (QED) is 0.406. The highest BCUT2D eigenvalue weighted by Gasteiger charge is 2.30. The molecule has 5 heteroatoms. The summed E-state index contributed by atoms with van der Waals surface area (Å²) < 4.78 is 11.9. The van der Waals surface area contributed by atoms with E-state index in [4.69, 9.17) is 32.7 Å². The van der Waals surface area contributed by atoms with Crippen molar-refractivity contribution in [2.24, 2.45) is 0 Å². The zero-order chi connectivity index (χ0) is 21.4. The van der Waals surface area contributed by atoms with E-state index in [1.54, 1.807) is 30.3 Å². The van der Waals surface area contributed by atoms with E-state index < -0.39 is 0 Å². The van der Waals surface area contributed by atoms with Crippen LogP contribution in [0.2, 0.25) is 10.0 Å². The molecule has 152 valence electrons. The molecule has 0 atom stereocenters. The van der Waals surface area contributed by atoms with Crippen LogP contribution in [0.25, 0.3) is 6.08 Å². The van der Waals surface area contributed by atoms with Gasteiger partial charge in [-0.25, -0.2) is 0 Å². The predicted molar refractivity (Wildman–Crippen MR) is 121 cm³/mol. The summed E-state index contributed by atoms with van der Waals surface area (Å²) in [4.78, 5) is 12.9. The Balaban J connectivity index is 1.61. The molecular formula is C25H20Cl2O3. The van der Waals surface area contributed by atoms with Crippen LogP contribution >= 0.6 is 23.2 Å². The highest BCUT2D eigenvalue weighted by atomic mass is 35.5. The molecule has 3 nitrogen and oxygen atoms in total. The Morgan fingerprint density at radius 3 is 2.43 bits per heavy atom. The summed E-state index contributed by atoms with van der Waals surface area (Å²) >= 11 is 12.5. The second-order valence-corrected chi connectivity index (χ2v) is 8.22. The van der Waals surface area contributed by atoms with Gasteiger partial charge in [0.25, 0.3) is 0 Å². The Hall–Kier alpha value is -2.75. The summed E-state index contributed by atoms with van der Waals surface area (Å²) in [5.74, 6) is 1.12. The van der Waals surface area contributed by atoms with Gasteiger partial charge >= 0.3 is 0 Å². The third kappa shape index (κ3) is 3.96. The number of hydrogen-bond donors (Lipinski definition) is 0. The van der Waals surface area contributed by atoms with E-state index in [0.29, 0.717) is 39.3 Å². The zero-order valence-electron chi connectivity index (χ0n) is 16.9. The first-order valence-corrected chi connectivity index (χ1v) is 10.3. The van der Waals surface area contributed by atoms with Gasteiger partial charge in [0.2, 0.25) is 5.78 Å². The Morgan fingerprint density at radius 1 is 0.967 bits per heavy atom. The molecule has 1 aliphatic heterocycles. The number of Topliss-reactive ketones (excluding diaryl/α,β-unsaturated/α-hetero) is 1. The molecule has 0 radical (unpaired) electrons. The third-order valence-corrected chi connectivity index (χ3v) is 5.78. The maximum absolute atomic E-state index is 12.9. The summed E-state index contributed by atoms with van der Waals surface area (Å²) in [5, 5.41) is 0.910. The normalized spacial score (nSPS) is 14.0. The van der Waals surface area contributed by atoms with Crippen LogP contribution in [-0.2, 0) is 6.61 Å². The molecule has 30 heavy (non-hydrogen) atoms. The van der Waals surface area contributed by atoms with Gasteiger partial charge in [0, 0.05) is 21.7 Å². The molecular weight excluding hydrogens is 419 g/mol. The molecule has 0 bridgehead atoms. The molecule has 0 aliphatic carbocycles. The summed E-state index contributed by atoms with van der Waals surface area (Å²) in [6.07, 6.45) is 1.59. The van der Waals surface area contributed by atoms with Crippen LogP contribution in [0.15, 0.2) is 54.3 Å². The largest absolute Gasteiger partial charge is 0.489 e. The molecule has 1 heterocycles. The van der Waals surface area contributed by atoms with Gasteiger partial charge in [-0.15, -0.1) is 0 Å². The van der Waals surface area contributed by atoms with Gasteiger partial charge in [-0.05, 0) is 61.7 Å². The lowest BCUT2D eigenvalue weighted by Gasteiger charge is -2.11. The minimum Gasteiger partial charge on any atom is -0.489 e. The number of benzene rings is 3. The van der Waals surface area contributed by atoms with Crippen molar-refractivity contribution >= 4 is 35.1 Å². The Morgan fingerprint density at radius 2 is 1.70 bits per heavy atom. The fraction of sp³-hybridized carbons (Fsp3) is 0.160. The van der Waals surface area contributed by atoms with Crippen LogP contribution in [-0.4, -0.2) is 5.78 Å². The fourth-order valence-corrected chi connectivity index (χ4v) is 3.96. The predicted octanol–water partition coefficient (Wildman–Crippen LogP) is 7.11. The van der Waals surface area contributed by atoms with E-state index in [9.17, 15) is 4.79 Å². The zero-order valence-corrected chi connectivity index (χ0v) is 18.4. The third-order valence-electron chi connectivity index (χ3n) is 5.12. The van der Waals surface area contributed by atoms with Crippen molar-refractivity contribution < 1.29 is 14.3 Å². The smallest absolute Gasteiger partial charge is 0.232 e. The number of aryl methyl sites for hydroxylation is 3. The molecule has 0 saturated heterocycles. The first-order chi connectivity index (χ1) is 14.3. The van der Waals surface area contributed by atoms with Crippen molar-refractivity contribution in [2.75, 3.05) is 0 Å². The average Bonchev–Trinajstić information content (AvgIpc) is 3.01. The van der Waals surface area contributed by atoms with E-state index in [1.165, 1.54) is 11.1 Å². The van der Waals surface area contributed by atoms with Crippen molar-refractivity contribution in [3.63, 3.8) is 0 Å². The lowest BCUT2D eigenvalue weighted by atomic mass is 10.0. The Kier molecular flexibility index (Phi) is 5.59. The molecule has 0 unspecified atom stereocenters. The maximum Gasteiger partial charge on any atom is 0.232 e. The van der Waals surface area contributed by atoms with E-state index in [0.717, 1.165) is 11.1 Å². The van der Waals surface area contributed by atoms with Crippen LogP contribution in [0.4, 0.5) is 0 Å². The minimum absolute atomic E-state index is 0.190. The number of ether oxygens (including phenoxy) is 2. The van der Waals surface area contributed by atoms with E-state index in [1.807, 2.05) is 13.0 Å². The van der Waals surface area contributed by atoms with Crippen LogP contribution < -0.4 is 9.47 Å². The lowest BCUT2D eigenvalue weighted by molar-refractivity contribution is 0.101. The second-order valence-electron chi connectivity index (χ2n) is 7.41. The number of ketones is 1. The van der Waals surface area contributed by atoms with Gasteiger partial charge in [-0.2, -0.15) is 0 Å². The van der Waals surface area contributed by atoms with Crippen LogP contribution in [0.5, 0.6) is 11.5 Å². The molecule has 0 N–H and O–H groups in total. The average molecular weight is 439 g/mol. The van der Waals surface area contributed by atoms with Gasteiger partial charge in [0.05, 0.1) is 5.56 Å². The summed E-state index contributed by atoms with van der Waals surface area (Å²) in [6, 6.07) is 15.1. The van der Waals surface area contributed by atoms with E-state index in [2.05, 4.69) is 32.0 Å². The number of rotatable bonds is 4. The molecule has 3 aromatic carbocycles. The molecule has 4 rings (SSSR count). The summed E-state index contributed by atoms with van der Waals surface area (Å²) in [5.41, 5.74) is 5.36. The summed E-state index contributed by atoms with van der Waals surface area (Å²) in [7, 11) is 0. The second kappa shape index (κ2) is 8.17. The van der Waals surface area contributed by atoms with E-state index >= 15 is 0 Å². The first kappa shape index (κ1) is 20.5. The van der Waals surface area contributed by atoms with Crippen molar-refractivity contribution in [1.29, 1.82) is 0 Å². The van der Waals surface area contributed by atoms with Crippen LogP contribution in [0.3, 0.4) is 0 Å². The standard InChI is InChI=1S/C25H20Cl2O3/c1-14-7-8-15(2)17(9-14)13-29-18-10-16(3)24-22(11-18)30-23(25(24)28)12-19-20(26)5-4-6-21(19)27/h4-12H,13H2,1-3H3/b23-12-. The van der Waals surface area contributed by atoms with Gasteiger partial charge in [0.1, 0.15) is 18.1 Å². The van der Waals surface area contributed by atoms with Gasteiger partial charge in [-0.3, -0.25) is 4.79 Å². The number of hydrogen-bond acceptors (Lipinski definition) is 3.